The summed E-state index contributed by atoms with van der Waals surface area (Å²) in [4.78, 5) is 11.9. The van der Waals surface area contributed by atoms with Crippen LogP contribution in [-0.4, -0.2) is 33.4 Å². The number of aliphatic hydroxyl groups is 1. The van der Waals surface area contributed by atoms with Crippen LogP contribution in [0.25, 0.3) is 0 Å². The molecular weight excluding hydrogens is 266 g/mol. The fraction of sp³-hybridized carbons (Fsp3) is 0.615. The molecule has 2 rings (SSSR count). The normalized spacial score (nSPS) is 18.6. The van der Waals surface area contributed by atoms with Crippen LogP contribution >= 0.6 is 11.6 Å². The lowest BCUT2D eigenvalue weighted by atomic mass is 9.94. The summed E-state index contributed by atoms with van der Waals surface area (Å²) >= 11 is 5.61. The van der Waals surface area contributed by atoms with Crippen molar-refractivity contribution >= 4 is 17.5 Å². The Morgan fingerprint density at radius 3 is 2.53 bits per heavy atom. The SMILES string of the molecule is O=C(NCC1(O)CCCCCC1)c1ccc(Cl)nn1. The first kappa shape index (κ1) is 14.2. The third kappa shape index (κ3) is 4.14. The average Bonchev–Trinajstić information content (AvgIpc) is 2.62. The number of aromatic nitrogens is 2. The molecular formula is C13H18ClN3O2. The van der Waals surface area contributed by atoms with E-state index in [-0.39, 0.29) is 23.3 Å². The van der Waals surface area contributed by atoms with E-state index in [1.165, 1.54) is 12.1 Å². The summed E-state index contributed by atoms with van der Waals surface area (Å²) < 4.78 is 0. The Balaban J connectivity index is 1.90. The zero-order chi connectivity index (χ0) is 13.7. The van der Waals surface area contributed by atoms with E-state index < -0.39 is 5.60 Å². The van der Waals surface area contributed by atoms with Gasteiger partial charge in [0.2, 0.25) is 0 Å². The quantitative estimate of drug-likeness (QED) is 0.832. The standard InChI is InChI=1S/C13H18ClN3O2/c14-11-6-5-10(16-17-11)12(18)15-9-13(19)7-3-1-2-4-8-13/h5-6,19H,1-4,7-9H2,(H,15,18). The lowest BCUT2D eigenvalue weighted by Gasteiger charge is -2.26. The van der Waals surface area contributed by atoms with Crippen LogP contribution < -0.4 is 5.32 Å². The first-order chi connectivity index (χ1) is 9.09. The first-order valence-electron chi connectivity index (χ1n) is 6.59. The van der Waals surface area contributed by atoms with E-state index in [0.29, 0.717) is 0 Å². The van der Waals surface area contributed by atoms with Gasteiger partial charge in [-0.05, 0) is 25.0 Å². The van der Waals surface area contributed by atoms with Crippen LogP contribution in [-0.2, 0) is 0 Å². The minimum atomic E-state index is -0.786. The molecule has 1 aromatic heterocycles. The number of amides is 1. The lowest BCUT2D eigenvalue weighted by Crippen LogP contribution is -2.42. The van der Waals surface area contributed by atoms with Crippen molar-refractivity contribution in [3.05, 3.63) is 23.0 Å². The van der Waals surface area contributed by atoms with E-state index in [0.717, 1.165) is 38.5 Å². The Kier molecular flexibility index (Phi) is 4.71. The summed E-state index contributed by atoms with van der Waals surface area (Å²) in [6.45, 7) is 0.260. The maximum Gasteiger partial charge on any atom is 0.271 e. The number of halogens is 1. The molecule has 0 spiro atoms. The van der Waals surface area contributed by atoms with E-state index in [2.05, 4.69) is 15.5 Å². The molecule has 104 valence electrons. The van der Waals surface area contributed by atoms with E-state index in [1.807, 2.05) is 0 Å². The van der Waals surface area contributed by atoms with E-state index in [9.17, 15) is 9.90 Å². The summed E-state index contributed by atoms with van der Waals surface area (Å²) in [6, 6.07) is 3.03. The molecule has 0 aliphatic heterocycles. The molecule has 2 N–H and O–H groups in total. The molecule has 0 unspecified atom stereocenters. The highest BCUT2D eigenvalue weighted by atomic mass is 35.5. The van der Waals surface area contributed by atoms with E-state index in [4.69, 9.17) is 11.6 Å². The smallest absolute Gasteiger partial charge is 0.271 e. The second-order valence-electron chi connectivity index (χ2n) is 5.06. The van der Waals surface area contributed by atoms with Crippen LogP contribution in [0.3, 0.4) is 0 Å². The van der Waals surface area contributed by atoms with Crippen LogP contribution in [0.15, 0.2) is 12.1 Å². The van der Waals surface area contributed by atoms with Gasteiger partial charge in [-0.3, -0.25) is 4.79 Å². The minimum Gasteiger partial charge on any atom is -0.388 e. The van der Waals surface area contributed by atoms with Gasteiger partial charge in [-0.25, -0.2) is 0 Å². The van der Waals surface area contributed by atoms with Crippen molar-refractivity contribution < 1.29 is 9.90 Å². The van der Waals surface area contributed by atoms with Crippen LogP contribution in [0.1, 0.15) is 49.0 Å². The van der Waals surface area contributed by atoms with Gasteiger partial charge in [-0.2, -0.15) is 0 Å². The predicted molar refractivity (Wildman–Crippen MR) is 72.0 cm³/mol. The molecule has 5 nitrogen and oxygen atoms in total. The van der Waals surface area contributed by atoms with Crippen LogP contribution in [0, 0.1) is 0 Å². The van der Waals surface area contributed by atoms with Gasteiger partial charge in [0.15, 0.2) is 10.8 Å². The fourth-order valence-corrected chi connectivity index (χ4v) is 2.44. The number of nitrogens with zero attached hydrogens (tertiary/aromatic N) is 2. The number of carbonyl (C=O) groups excluding carboxylic acids is 1. The Morgan fingerprint density at radius 1 is 1.26 bits per heavy atom. The highest BCUT2D eigenvalue weighted by Crippen LogP contribution is 2.26. The number of nitrogens with one attached hydrogen (secondary N) is 1. The first-order valence-corrected chi connectivity index (χ1v) is 6.97. The highest BCUT2D eigenvalue weighted by molar-refractivity contribution is 6.29. The molecule has 1 amide bonds. The maximum absolute atomic E-state index is 11.9. The highest BCUT2D eigenvalue weighted by Gasteiger charge is 2.28. The van der Waals surface area contributed by atoms with Crippen molar-refractivity contribution in [2.24, 2.45) is 0 Å². The zero-order valence-corrected chi connectivity index (χ0v) is 11.5. The number of hydrogen-bond donors (Lipinski definition) is 2. The number of rotatable bonds is 3. The lowest BCUT2D eigenvalue weighted by molar-refractivity contribution is 0.0245. The zero-order valence-electron chi connectivity index (χ0n) is 10.7. The number of carbonyl (C=O) groups is 1. The van der Waals surface area contributed by atoms with E-state index >= 15 is 0 Å². The molecule has 1 aliphatic carbocycles. The molecule has 1 aromatic rings. The van der Waals surface area contributed by atoms with Crippen molar-refractivity contribution in [3.63, 3.8) is 0 Å². The van der Waals surface area contributed by atoms with Gasteiger partial charge >= 0.3 is 0 Å². The van der Waals surface area contributed by atoms with E-state index in [1.54, 1.807) is 0 Å². The molecule has 0 aromatic carbocycles. The third-order valence-electron chi connectivity index (χ3n) is 3.48. The molecule has 0 bridgehead atoms. The minimum absolute atomic E-state index is 0.210. The third-order valence-corrected chi connectivity index (χ3v) is 3.68. The van der Waals surface area contributed by atoms with Gasteiger partial charge in [-0.1, -0.05) is 37.3 Å². The van der Waals surface area contributed by atoms with Crippen molar-refractivity contribution in [2.75, 3.05) is 6.54 Å². The maximum atomic E-state index is 11.9. The van der Waals surface area contributed by atoms with Crippen LogP contribution in [0.2, 0.25) is 5.15 Å². The topological polar surface area (TPSA) is 75.1 Å². The van der Waals surface area contributed by atoms with Gasteiger partial charge in [0.05, 0.1) is 5.60 Å². The summed E-state index contributed by atoms with van der Waals surface area (Å²) in [5, 5.41) is 20.7. The van der Waals surface area contributed by atoms with Gasteiger partial charge in [0.25, 0.3) is 5.91 Å². The predicted octanol–water partition coefficient (Wildman–Crippen LogP) is 1.95. The van der Waals surface area contributed by atoms with Gasteiger partial charge in [-0.15, -0.1) is 10.2 Å². The molecule has 0 atom stereocenters. The Morgan fingerprint density at radius 2 is 1.95 bits per heavy atom. The van der Waals surface area contributed by atoms with Crippen molar-refractivity contribution in [2.45, 2.75) is 44.1 Å². The summed E-state index contributed by atoms with van der Waals surface area (Å²) in [5.74, 6) is -0.332. The van der Waals surface area contributed by atoms with Gasteiger partial charge in [0.1, 0.15) is 0 Å². The monoisotopic (exact) mass is 283 g/mol. The van der Waals surface area contributed by atoms with Crippen molar-refractivity contribution in [1.29, 1.82) is 0 Å². The molecule has 1 aliphatic rings. The second kappa shape index (κ2) is 6.30. The fourth-order valence-electron chi connectivity index (χ4n) is 2.34. The number of hydrogen-bond acceptors (Lipinski definition) is 4. The van der Waals surface area contributed by atoms with Crippen LogP contribution in [0.4, 0.5) is 0 Å². The van der Waals surface area contributed by atoms with Gasteiger partial charge < -0.3 is 10.4 Å². The van der Waals surface area contributed by atoms with Gasteiger partial charge in [0, 0.05) is 6.54 Å². The summed E-state index contributed by atoms with van der Waals surface area (Å²) in [6.07, 6.45) is 5.79. The molecule has 0 radical (unpaired) electrons. The average molecular weight is 284 g/mol. The Labute approximate surface area is 117 Å². The second-order valence-corrected chi connectivity index (χ2v) is 5.45. The summed E-state index contributed by atoms with van der Waals surface area (Å²) in [7, 11) is 0. The summed E-state index contributed by atoms with van der Waals surface area (Å²) in [5.41, 5.74) is -0.576. The molecule has 0 saturated heterocycles. The molecule has 19 heavy (non-hydrogen) atoms. The molecule has 1 heterocycles. The Bertz CT molecular complexity index is 428. The Hall–Kier alpha value is -1.20. The van der Waals surface area contributed by atoms with Crippen molar-refractivity contribution in [3.8, 4) is 0 Å². The van der Waals surface area contributed by atoms with Crippen molar-refractivity contribution in [1.82, 2.24) is 15.5 Å². The molecule has 1 saturated carbocycles. The largest absolute Gasteiger partial charge is 0.388 e. The van der Waals surface area contributed by atoms with Crippen LogP contribution in [0.5, 0.6) is 0 Å². The molecule has 1 fully saturated rings. The molecule has 6 heteroatoms.